The van der Waals surface area contributed by atoms with Crippen molar-refractivity contribution in [2.45, 2.75) is 200 Å². The zero-order valence-corrected chi connectivity index (χ0v) is 25.5. The molecule has 2 radical (unpaired) electrons. The van der Waals surface area contributed by atoms with Crippen molar-refractivity contribution >= 4 is 9.52 Å². The largest absolute Gasteiger partial charge is 0.396 e. The van der Waals surface area contributed by atoms with Crippen LogP contribution in [-0.2, 0) is 0 Å². The summed E-state index contributed by atoms with van der Waals surface area (Å²) in [5, 5.41) is 8.76. The van der Waals surface area contributed by atoms with Crippen LogP contribution in [-0.4, -0.2) is 21.2 Å². The van der Waals surface area contributed by atoms with Crippen molar-refractivity contribution in [2.75, 3.05) is 6.61 Å². The molecule has 0 saturated carbocycles. The molecule has 1 N–H and O–H groups in total. The van der Waals surface area contributed by atoms with Gasteiger partial charge in [0.1, 0.15) is 0 Å². The zero-order valence-electron chi connectivity index (χ0n) is 24.5. The minimum absolute atomic E-state index is 0.374. The van der Waals surface area contributed by atoms with E-state index in [-0.39, 0.29) is 0 Å². The topological polar surface area (TPSA) is 20.2 Å². The molecular weight excluding hydrogens is 428 g/mol. The number of hydrogen-bond acceptors (Lipinski definition) is 1. The van der Waals surface area contributed by atoms with E-state index in [9.17, 15) is 0 Å². The van der Waals surface area contributed by atoms with Gasteiger partial charge < -0.3 is 5.11 Å². The third-order valence-electron chi connectivity index (χ3n) is 7.01. The van der Waals surface area contributed by atoms with Gasteiger partial charge in [0.05, 0.1) is 0 Å². The highest BCUT2D eigenvalue weighted by molar-refractivity contribution is 6.31. The monoisotopic (exact) mass is 497 g/mol. The molecule has 0 spiro atoms. The Hall–Kier alpha value is 0.177. The summed E-state index contributed by atoms with van der Waals surface area (Å²) >= 11 is 0. The van der Waals surface area contributed by atoms with Crippen LogP contribution in [0.25, 0.3) is 0 Å². The quantitative estimate of drug-likeness (QED) is 0.0843. The molecule has 0 unspecified atom stereocenters. The highest BCUT2D eigenvalue weighted by atomic mass is 28.2. The van der Waals surface area contributed by atoms with Crippen molar-refractivity contribution in [3.05, 3.63) is 0 Å². The molecule has 0 atom stereocenters. The van der Waals surface area contributed by atoms with E-state index in [4.69, 9.17) is 5.11 Å². The van der Waals surface area contributed by atoms with Gasteiger partial charge in [-0.25, -0.2) is 0 Å². The molecule has 0 saturated heterocycles. The fourth-order valence-corrected chi connectivity index (χ4v) is 4.78. The molecule has 0 aromatic heterocycles. The first kappa shape index (κ1) is 36.3. The zero-order chi connectivity index (χ0) is 25.2. The van der Waals surface area contributed by atoms with E-state index in [2.05, 4.69) is 20.0 Å². The van der Waals surface area contributed by atoms with Crippen LogP contribution in [0.3, 0.4) is 0 Å². The van der Waals surface area contributed by atoms with Crippen molar-refractivity contribution < 1.29 is 5.11 Å². The Morgan fingerprint density at radius 3 is 0.618 bits per heavy atom. The fourth-order valence-electron chi connectivity index (χ4n) is 4.78. The Balaban J connectivity index is 0. The molecule has 2 heteroatoms. The lowest BCUT2D eigenvalue weighted by Gasteiger charge is -2.04. The number of rotatable bonds is 28. The normalized spacial score (nSPS) is 10.9. The summed E-state index contributed by atoms with van der Waals surface area (Å²) in [4.78, 5) is 0. The van der Waals surface area contributed by atoms with Gasteiger partial charge in [-0.15, -0.1) is 0 Å². The van der Waals surface area contributed by atoms with Gasteiger partial charge in [0.2, 0.25) is 0 Å². The Kier molecular flexibility index (Phi) is 40.3. The van der Waals surface area contributed by atoms with Gasteiger partial charge in [0.15, 0.2) is 0 Å². The van der Waals surface area contributed by atoms with Gasteiger partial charge in [-0.1, -0.05) is 193 Å². The number of aliphatic hydroxyl groups is 1. The van der Waals surface area contributed by atoms with Crippen molar-refractivity contribution in [1.29, 1.82) is 0 Å². The molecule has 34 heavy (non-hydrogen) atoms. The highest BCUT2D eigenvalue weighted by Gasteiger charge is 1.96. The van der Waals surface area contributed by atoms with Gasteiger partial charge >= 0.3 is 0 Å². The SMILES string of the molecule is CCCCCCCCCCCCCCCCCCCCCCCCCCCCCCO.C[Si]C. The van der Waals surface area contributed by atoms with Gasteiger partial charge in [-0.3, -0.25) is 0 Å². The van der Waals surface area contributed by atoms with Crippen LogP contribution in [0.5, 0.6) is 0 Å². The van der Waals surface area contributed by atoms with Crippen LogP contribution in [0.15, 0.2) is 0 Å². The smallest absolute Gasteiger partial charge is 0.0431 e. The second-order valence-corrected chi connectivity index (χ2v) is 11.8. The molecule has 0 heterocycles. The first-order chi connectivity index (χ1) is 16.8. The van der Waals surface area contributed by atoms with Crippen LogP contribution in [0.2, 0.25) is 13.1 Å². The van der Waals surface area contributed by atoms with Gasteiger partial charge in [0, 0.05) is 16.1 Å². The van der Waals surface area contributed by atoms with E-state index in [1.165, 1.54) is 173 Å². The molecule has 1 nitrogen and oxygen atoms in total. The van der Waals surface area contributed by atoms with Gasteiger partial charge in [-0.2, -0.15) is 0 Å². The van der Waals surface area contributed by atoms with E-state index < -0.39 is 0 Å². The average molecular weight is 497 g/mol. The van der Waals surface area contributed by atoms with E-state index in [0.29, 0.717) is 6.61 Å². The van der Waals surface area contributed by atoms with Gasteiger partial charge in [-0.05, 0) is 6.42 Å². The van der Waals surface area contributed by atoms with E-state index >= 15 is 0 Å². The van der Waals surface area contributed by atoms with Crippen LogP contribution in [0.4, 0.5) is 0 Å². The summed E-state index contributed by atoms with van der Waals surface area (Å²) in [7, 11) is 1.08. The predicted octanol–water partition coefficient (Wildman–Crippen LogP) is 11.7. The summed E-state index contributed by atoms with van der Waals surface area (Å²) in [6.45, 7) is 6.98. The first-order valence-corrected chi connectivity index (χ1v) is 18.0. The van der Waals surface area contributed by atoms with E-state index in [1.807, 2.05) is 0 Å². The third kappa shape index (κ3) is 39.4. The summed E-state index contributed by atoms with van der Waals surface area (Å²) in [6.07, 6.45) is 40.1. The maximum absolute atomic E-state index is 8.76. The Bertz CT molecular complexity index is 279. The standard InChI is InChI=1S/C30H62O.C2H6Si/c1-2-3-4-5-6-7-8-9-10-11-12-13-14-15-16-17-18-19-20-21-22-23-24-25-26-27-28-29-30-31;1-3-2/h31H,2-30H2,1H3;1-2H3. The molecule has 0 fully saturated rings. The summed E-state index contributed by atoms with van der Waals surface area (Å²) in [5.41, 5.74) is 0. The molecule has 0 amide bonds. The molecule has 0 rings (SSSR count). The lowest BCUT2D eigenvalue weighted by atomic mass is 10.0. The first-order valence-electron chi connectivity index (χ1n) is 16.0. The van der Waals surface area contributed by atoms with Crippen molar-refractivity contribution in [3.8, 4) is 0 Å². The minimum Gasteiger partial charge on any atom is -0.396 e. The van der Waals surface area contributed by atoms with Crippen LogP contribution >= 0.6 is 0 Å². The molecule has 0 aromatic rings. The van der Waals surface area contributed by atoms with Crippen molar-refractivity contribution in [1.82, 2.24) is 0 Å². The molecule has 0 aliphatic rings. The Labute approximate surface area is 220 Å². The molecule has 0 aliphatic carbocycles. The predicted molar refractivity (Wildman–Crippen MR) is 160 cm³/mol. The lowest BCUT2D eigenvalue weighted by Crippen LogP contribution is -1.85. The van der Waals surface area contributed by atoms with E-state index in [1.54, 1.807) is 0 Å². The van der Waals surface area contributed by atoms with Gasteiger partial charge in [0.25, 0.3) is 0 Å². The summed E-state index contributed by atoms with van der Waals surface area (Å²) in [5.74, 6) is 0. The molecule has 0 aliphatic heterocycles. The highest BCUT2D eigenvalue weighted by Crippen LogP contribution is 2.16. The Morgan fingerprint density at radius 2 is 0.471 bits per heavy atom. The van der Waals surface area contributed by atoms with Crippen molar-refractivity contribution in [2.24, 2.45) is 0 Å². The number of unbranched alkanes of at least 4 members (excludes halogenated alkanes) is 27. The molecular formula is C32H68OSi. The van der Waals surface area contributed by atoms with Crippen LogP contribution in [0.1, 0.15) is 187 Å². The lowest BCUT2D eigenvalue weighted by molar-refractivity contribution is 0.282. The summed E-state index contributed by atoms with van der Waals surface area (Å²) < 4.78 is 0. The maximum Gasteiger partial charge on any atom is 0.0431 e. The van der Waals surface area contributed by atoms with Crippen molar-refractivity contribution in [3.63, 3.8) is 0 Å². The summed E-state index contributed by atoms with van der Waals surface area (Å²) in [6, 6.07) is 0. The Morgan fingerprint density at radius 1 is 0.324 bits per heavy atom. The second-order valence-electron chi connectivity index (χ2n) is 10.8. The van der Waals surface area contributed by atoms with Crippen LogP contribution < -0.4 is 0 Å². The maximum atomic E-state index is 8.76. The van der Waals surface area contributed by atoms with Crippen LogP contribution in [0, 0.1) is 0 Å². The number of aliphatic hydroxyl groups excluding tert-OH is 1. The molecule has 0 aromatic carbocycles. The minimum atomic E-state index is 0.374. The van der Waals surface area contributed by atoms with E-state index in [0.717, 1.165) is 15.9 Å². The molecule has 0 bridgehead atoms. The second kappa shape index (κ2) is 37.7. The number of hydrogen-bond donors (Lipinski definition) is 1. The third-order valence-corrected chi connectivity index (χ3v) is 7.01. The average Bonchev–Trinajstić information content (AvgIpc) is 2.84. The molecule has 206 valence electrons. The fraction of sp³-hybridized carbons (Fsp3) is 1.00.